The van der Waals surface area contributed by atoms with Crippen molar-refractivity contribution in [1.82, 2.24) is 5.32 Å². The molecule has 0 aromatic heterocycles. The molecule has 0 fully saturated rings. The molecule has 0 saturated carbocycles. The van der Waals surface area contributed by atoms with E-state index in [1.54, 1.807) is 51.1 Å². The van der Waals surface area contributed by atoms with Gasteiger partial charge < -0.3 is 14.8 Å². The summed E-state index contributed by atoms with van der Waals surface area (Å²) in [6, 6.07) is 16.8. The molecule has 0 saturated heterocycles. The van der Waals surface area contributed by atoms with E-state index in [1.807, 2.05) is 30.3 Å². The zero-order chi connectivity index (χ0) is 20.6. The van der Waals surface area contributed by atoms with Crippen LogP contribution in [0.5, 0.6) is 0 Å². The van der Waals surface area contributed by atoms with Crippen molar-refractivity contribution in [2.75, 3.05) is 6.61 Å². The fraction of sp³-hybridized carbons (Fsp3) is 0.318. The van der Waals surface area contributed by atoms with Gasteiger partial charge in [-0.05, 0) is 11.1 Å². The number of ether oxygens (including phenoxy) is 2. The van der Waals surface area contributed by atoms with Crippen molar-refractivity contribution < 1.29 is 23.9 Å². The third-order valence-electron chi connectivity index (χ3n) is 4.03. The van der Waals surface area contributed by atoms with Crippen LogP contribution >= 0.6 is 0 Å². The maximum atomic E-state index is 12.5. The first kappa shape index (κ1) is 21.2. The highest BCUT2D eigenvalue weighted by Gasteiger charge is 2.28. The lowest BCUT2D eigenvalue weighted by molar-refractivity contribution is -0.152. The summed E-state index contributed by atoms with van der Waals surface area (Å²) >= 11 is 0. The van der Waals surface area contributed by atoms with Gasteiger partial charge in [-0.25, -0.2) is 9.59 Å². The van der Waals surface area contributed by atoms with E-state index in [9.17, 15) is 14.4 Å². The van der Waals surface area contributed by atoms with E-state index in [2.05, 4.69) is 5.32 Å². The molecule has 2 rings (SSSR count). The van der Waals surface area contributed by atoms with E-state index in [1.165, 1.54) is 0 Å². The quantitative estimate of drug-likeness (QED) is 0.735. The average molecular weight is 383 g/mol. The van der Waals surface area contributed by atoms with Crippen molar-refractivity contribution in [3.05, 3.63) is 71.8 Å². The Balaban J connectivity index is 2.02. The topological polar surface area (TPSA) is 81.7 Å². The second-order valence-corrected chi connectivity index (χ2v) is 7.33. The molecule has 0 radical (unpaired) electrons. The molecule has 0 spiro atoms. The van der Waals surface area contributed by atoms with E-state index in [4.69, 9.17) is 9.47 Å². The minimum absolute atomic E-state index is 0.0751. The number of nitrogens with one attached hydrogen (secondary N) is 1. The number of hydrogen-bond donors (Lipinski definition) is 1. The highest BCUT2D eigenvalue weighted by molar-refractivity contribution is 5.88. The minimum atomic E-state index is -1.07. The maximum Gasteiger partial charge on any atom is 0.408 e. The third-order valence-corrected chi connectivity index (χ3v) is 4.03. The van der Waals surface area contributed by atoms with Gasteiger partial charge in [0.1, 0.15) is 6.61 Å². The van der Waals surface area contributed by atoms with Crippen LogP contribution in [-0.2, 0) is 25.7 Å². The fourth-order valence-electron chi connectivity index (χ4n) is 2.24. The molecule has 1 atom stereocenters. The van der Waals surface area contributed by atoms with Crippen LogP contribution in [0.15, 0.2) is 60.7 Å². The number of rotatable bonds is 7. The zero-order valence-electron chi connectivity index (χ0n) is 16.3. The van der Waals surface area contributed by atoms with Gasteiger partial charge in [0.2, 0.25) is 0 Å². The Morgan fingerprint density at radius 1 is 0.893 bits per heavy atom. The molecule has 148 valence electrons. The van der Waals surface area contributed by atoms with Gasteiger partial charge >= 0.3 is 12.1 Å². The second kappa shape index (κ2) is 9.69. The molecule has 2 aromatic carbocycles. The van der Waals surface area contributed by atoms with E-state index in [-0.39, 0.29) is 19.0 Å². The van der Waals surface area contributed by atoms with Crippen molar-refractivity contribution in [2.24, 2.45) is 5.41 Å². The number of alkyl carbamates (subject to hydrolysis) is 1. The number of benzene rings is 2. The maximum absolute atomic E-state index is 12.5. The Bertz CT molecular complexity index is 797. The number of esters is 1. The van der Waals surface area contributed by atoms with Crippen LogP contribution in [0.2, 0.25) is 0 Å². The lowest BCUT2D eigenvalue weighted by Crippen LogP contribution is -2.36. The summed E-state index contributed by atoms with van der Waals surface area (Å²) in [5, 5.41) is 2.52. The summed E-state index contributed by atoms with van der Waals surface area (Å²) in [4.78, 5) is 36.8. The predicted octanol–water partition coefficient (Wildman–Crippen LogP) is 3.81. The van der Waals surface area contributed by atoms with Crippen LogP contribution in [0.3, 0.4) is 0 Å². The van der Waals surface area contributed by atoms with Gasteiger partial charge in [0.15, 0.2) is 18.4 Å². The van der Waals surface area contributed by atoms with Crippen molar-refractivity contribution >= 4 is 17.8 Å². The van der Waals surface area contributed by atoms with Crippen molar-refractivity contribution in [3.8, 4) is 0 Å². The smallest absolute Gasteiger partial charge is 0.408 e. The first-order valence-electron chi connectivity index (χ1n) is 8.99. The standard InChI is InChI=1S/C22H25NO5/c1-22(2,3)18(24)15-27-20(25)19(17-12-8-5-9-13-17)23-21(26)28-14-16-10-6-4-7-11-16/h4-13,19H,14-15H2,1-3H3,(H,23,26)/t19-/m1/s1. The highest BCUT2D eigenvalue weighted by Crippen LogP contribution is 2.18. The summed E-state index contributed by atoms with van der Waals surface area (Å²) in [6.07, 6.45) is -0.753. The highest BCUT2D eigenvalue weighted by atomic mass is 16.6. The van der Waals surface area contributed by atoms with Gasteiger partial charge in [-0.3, -0.25) is 4.79 Å². The number of hydrogen-bond acceptors (Lipinski definition) is 5. The van der Waals surface area contributed by atoms with Crippen molar-refractivity contribution in [3.63, 3.8) is 0 Å². The monoisotopic (exact) mass is 383 g/mol. The Kier molecular flexibility index (Phi) is 7.32. The largest absolute Gasteiger partial charge is 0.456 e. The third kappa shape index (κ3) is 6.54. The van der Waals surface area contributed by atoms with Gasteiger partial charge in [0, 0.05) is 5.41 Å². The first-order chi connectivity index (χ1) is 13.3. The molecule has 0 heterocycles. The van der Waals surface area contributed by atoms with E-state index < -0.39 is 23.5 Å². The predicted molar refractivity (Wildman–Crippen MR) is 104 cm³/mol. The average Bonchev–Trinajstić information content (AvgIpc) is 2.69. The van der Waals surface area contributed by atoms with Gasteiger partial charge in [-0.15, -0.1) is 0 Å². The molecule has 6 heteroatoms. The second-order valence-electron chi connectivity index (χ2n) is 7.33. The van der Waals surface area contributed by atoms with Crippen LogP contribution < -0.4 is 5.32 Å². The summed E-state index contributed by atoms with van der Waals surface area (Å²) in [7, 11) is 0. The van der Waals surface area contributed by atoms with E-state index in [0.717, 1.165) is 5.56 Å². The van der Waals surface area contributed by atoms with Gasteiger partial charge in [0.25, 0.3) is 0 Å². The van der Waals surface area contributed by atoms with Crippen LogP contribution in [0.1, 0.15) is 37.9 Å². The number of ketones is 1. The number of Topliss-reactive ketones (excluding diaryl/α,β-unsaturated/α-hetero) is 1. The van der Waals surface area contributed by atoms with Crippen molar-refractivity contribution in [1.29, 1.82) is 0 Å². The van der Waals surface area contributed by atoms with Crippen LogP contribution in [0, 0.1) is 5.41 Å². The summed E-state index contributed by atoms with van der Waals surface area (Å²) in [5.41, 5.74) is 0.740. The molecule has 0 aliphatic heterocycles. The minimum Gasteiger partial charge on any atom is -0.456 e. The Labute approximate surface area is 164 Å². The number of amides is 1. The molecule has 6 nitrogen and oxygen atoms in total. The summed E-state index contributed by atoms with van der Waals surface area (Å²) in [6.45, 7) is 4.96. The Morgan fingerprint density at radius 2 is 1.46 bits per heavy atom. The number of carbonyl (C=O) groups excluding carboxylic acids is 3. The normalized spacial score (nSPS) is 12.0. The van der Waals surface area contributed by atoms with Gasteiger partial charge in [0.05, 0.1) is 0 Å². The summed E-state index contributed by atoms with van der Waals surface area (Å²) < 4.78 is 10.3. The molecule has 1 N–H and O–H groups in total. The molecule has 0 aliphatic rings. The molecular weight excluding hydrogens is 358 g/mol. The molecule has 1 amide bonds. The molecule has 28 heavy (non-hydrogen) atoms. The van der Waals surface area contributed by atoms with E-state index >= 15 is 0 Å². The lowest BCUT2D eigenvalue weighted by atomic mass is 9.91. The molecule has 0 bridgehead atoms. The molecular formula is C22H25NO5. The Morgan fingerprint density at radius 3 is 2.04 bits per heavy atom. The zero-order valence-corrected chi connectivity index (χ0v) is 16.3. The molecule has 0 aliphatic carbocycles. The first-order valence-corrected chi connectivity index (χ1v) is 8.99. The van der Waals surface area contributed by atoms with Crippen LogP contribution in [-0.4, -0.2) is 24.5 Å². The number of carbonyl (C=O) groups is 3. The van der Waals surface area contributed by atoms with Crippen LogP contribution in [0.25, 0.3) is 0 Å². The Hall–Kier alpha value is -3.15. The fourth-order valence-corrected chi connectivity index (χ4v) is 2.24. The van der Waals surface area contributed by atoms with E-state index in [0.29, 0.717) is 5.56 Å². The van der Waals surface area contributed by atoms with Gasteiger partial charge in [-0.1, -0.05) is 81.4 Å². The van der Waals surface area contributed by atoms with Gasteiger partial charge in [-0.2, -0.15) is 0 Å². The summed E-state index contributed by atoms with van der Waals surface area (Å²) in [5.74, 6) is -0.931. The van der Waals surface area contributed by atoms with Crippen LogP contribution in [0.4, 0.5) is 4.79 Å². The molecule has 2 aromatic rings. The van der Waals surface area contributed by atoms with Crippen molar-refractivity contribution in [2.45, 2.75) is 33.4 Å². The SMILES string of the molecule is CC(C)(C)C(=O)COC(=O)[C@H](NC(=O)OCc1ccccc1)c1ccccc1. The lowest BCUT2D eigenvalue weighted by Gasteiger charge is -2.20. The molecule has 0 unspecified atom stereocenters.